The highest BCUT2D eigenvalue weighted by Gasteiger charge is 2.25. The van der Waals surface area contributed by atoms with Gasteiger partial charge in [0.1, 0.15) is 5.52 Å². The number of carbonyl (C=O) groups excluding carboxylic acids is 1. The second-order valence-electron chi connectivity index (χ2n) is 5.46. The molecule has 0 aromatic carbocycles. The third-order valence-electron chi connectivity index (χ3n) is 4.14. The van der Waals surface area contributed by atoms with Crippen molar-refractivity contribution >= 4 is 17.2 Å². The van der Waals surface area contributed by atoms with Crippen LogP contribution >= 0.6 is 0 Å². The van der Waals surface area contributed by atoms with Crippen LogP contribution in [0.4, 0.5) is 5.82 Å². The minimum atomic E-state index is 0.230. The summed E-state index contributed by atoms with van der Waals surface area (Å²) in [6.45, 7) is 3.54. The SMILES string of the molecule is CCC(=O)N1CCCC(c2cn3nccc3c(NC)n2)C1. The van der Waals surface area contributed by atoms with Crippen molar-refractivity contribution < 1.29 is 4.79 Å². The van der Waals surface area contributed by atoms with Gasteiger partial charge in [0.15, 0.2) is 5.82 Å². The highest BCUT2D eigenvalue weighted by molar-refractivity contribution is 5.76. The zero-order valence-corrected chi connectivity index (χ0v) is 12.5. The molecule has 0 radical (unpaired) electrons. The van der Waals surface area contributed by atoms with E-state index in [-0.39, 0.29) is 11.8 Å². The van der Waals surface area contributed by atoms with E-state index in [2.05, 4.69) is 10.4 Å². The molecule has 2 aromatic heterocycles. The van der Waals surface area contributed by atoms with E-state index in [0.717, 1.165) is 43.0 Å². The lowest BCUT2D eigenvalue weighted by Gasteiger charge is -2.32. The van der Waals surface area contributed by atoms with Crippen molar-refractivity contribution in [2.24, 2.45) is 0 Å². The average Bonchev–Trinajstić information content (AvgIpc) is 3.01. The summed E-state index contributed by atoms with van der Waals surface area (Å²) < 4.78 is 1.86. The Balaban J connectivity index is 1.90. The molecule has 1 aliphatic heterocycles. The molecule has 2 aromatic rings. The molecular formula is C15H21N5O. The first-order valence-electron chi connectivity index (χ1n) is 7.52. The number of hydrogen-bond acceptors (Lipinski definition) is 4. The minimum Gasteiger partial charge on any atom is -0.371 e. The molecule has 1 fully saturated rings. The average molecular weight is 287 g/mol. The van der Waals surface area contributed by atoms with Crippen LogP contribution in [0.2, 0.25) is 0 Å². The van der Waals surface area contributed by atoms with Crippen molar-refractivity contribution in [2.75, 3.05) is 25.5 Å². The minimum absolute atomic E-state index is 0.230. The van der Waals surface area contributed by atoms with Crippen molar-refractivity contribution in [3.63, 3.8) is 0 Å². The third-order valence-corrected chi connectivity index (χ3v) is 4.14. The summed E-state index contributed by atoms with van der Waals surface area (Å²) in [7, 11) is 1.87. The lowest BCUT2D eigenvalue weighted by atomic mass is 9.94. The fourth-order valence-electron chi connectivity index (χ4n) is 2.99. The van der Waals surface area contributed by atoms with Gasteiger partial charge in [0.25, 0.3) is 0 Å². The van der Waals surface area contributed by atoms with Gasteiger partial charge in [0, 0.05) is 32.5 Å². The predicted molar refractivity (Wildman–Crippen MR) is 81.4 cm³/mol. The number of fused-ring (bicyclic) bond motifs is 1. The van der Waals surface area contributed by atoms with Gasteiger partial charge in [-0.25, -0.2) is 9.50 Å². The molecule has 1 saturated heterocycles. The highest BCUT2D eigenvalue weighted by atomic mass is 16.2. The maximum absolute atomic E-state index is 11.9. The predicted octanol–water partition coefficient (Wildman–Crippen LogP) is 1.89. The molecular weight excluding hydrogens is 266 g/mol. The maximum atomic E-state index is 11.9. The van der Waals surface area contributed by atoms with E-state index in [9.17, 15) is 4.79 Å². The second-order valence-corrected chi connectivity index (χ2v) is 5.46. The molecule has 21 heavy (non-hydrogen) atoms. The number of likely N-dealkylation sites (tertiary alicyclic amines) is 1. The van der Waals surface area contributed by atoms with Crippen LogP contribution < -0.4 is 5.32 Å². The number of carbonyl (C=O) groups is 1. The van der Waals surface area contributed by atoms with Crippen LogP contribution in [0.15, 0.2) is 18.5 Å². The zero-order valence-electron chi connectivity index (χ0n) is 12.5. The van der Waals surface area contributed by atoms with E-state index in [1.165, 1.54) is 0 Å². The topological polar surface area (TPSA) is 62.5 Å². The van der Waals surface area contributed by atoms with Gasteiger partial charge in [-0.2, -0.15) is 5.10 Å². The third kappa shape index (κ3) is 2.57. The van der Waals surface area contributed by atoms with E-state index in [1.54, 1.807) is 6.20 Å². The zero-order chi connectivity index (χ0) is 14.8. The Morgan fingerprint density at radius 1 is 1.52 bits per heavy atom. The van der Waals surface area contributed by atoms with Crippen LogP contribution in [0.5, 0.6) is 0 Å². The maximum Gasteiger partial charge on any atom is 0.222 e. The van der Waals surface area contributed by atoms with Crippen molar-refractivity contribution in [1.82, 2.24) is 19.5 Å². The molecule has 1 unspecified atom stereocenters. The van der Waals surface area contributed by atoms with E-state index in [4.69, 9.17) is 4.98 Å². The van der Waals surface area contributed by atoms with Gasteiger partial charge in [-0.15, -0.1) is 0 Å². The smallest absolute Gasteiger partial charge is 0.222 e. The molecule has 112 valence electrons. The van der Waals surface area contributed by atoms with Gasteiger partial charge in [-0.1, -0.05) is 6.92 Å². The van der Waals surface area contributed by atoms with E-state index in [1.807, 2.05) is 35.6 Å². The van der Waals surface area contributed by atoms with Crippen LogP contribution in [0.25, 0.3) is 5.52 Å². The van der Waals surface area contributed by atoms with E-state index < -0.39 is 0 Å². The molecule has 6 heteroatoms. The Bertz CT molecular complexity index is 651. The number of amides is 1. The fraction of sp³-hybridized carbons (Fsp3) is 0.533. The Hall–Kier alpha value is -2.11. The normalized spacial score (nSPS) is 19.0. The number of anilines is 1. The molecule has 1 atom stereocenters. The summed E-state index contributed by atoms with van der Waals surface area (Å²) in [5, 5.41) is 7.44. The number of piperidine rings is 1. The monoisotopic (exact) mass is 287 g/mol. The van der Waals surface area contributed by atoms with Gasteiger partial charge in [0.2, 0.25) is 5.91 Å². The van der Waals surface area contributed by atoms with Crippen molar-refractivity contribution in [2.45, 2.75) is 32.1 Å². The Labute approximate surface area is 124 Å². The first-order chi connectivity index (χ1) is 10.2. The van der Waals surface area contributed by atoms with E-state index >= 15 is 0 Å². The molecule has 6 nitrogen and oxygen atoms in total. The fourth-order valence-corrected chi connectivity index (χ4v) is 2.99. The van der Waals surface area contributed by atoms with Crippen LogP contribution in [0.1, 0.15) is 37.8 Å². The van der Waals surface area contributed by atoms with Crippen LogP contribution in [-0.4, -0.2) is 45.5 Å². The molecule has 1 aliphatic rings. The number of rotatable bonds is 3. The molecule has 0 saturated carbocycles. The lowest BCUT2D eigenvalue weighted by molar-refractivity contribution is -0.132. The van der Waals surface area contributed by atoms with Crippen LogP contribution in [0, 0.1) is 0 Å². The largest absolute Gasteiger partial charge is 0.371 e. The quantitative estimate of drug-likeness (QED) is 0.936. The molecule has 1 N–H and O–H groups in total. The molecule has 3 heterocycles. The number of nitrogens with one attached hydrogen (secondary N) is 1. The Kier molecular flexibility index (Phi) is 3.77. The molecule has 0 spiro atoms. The second kappa shape index (κ2) is 5.71. The number of aromatic nitrogens is 3. The molecule has 0 bridgehead atoms. The summed E-state index contributed by atoms with van der Waals surface area (Å²) in [5.41, 5.74) is 1.97. The number of hydrogen-bond donors (Lipinski definition) is 1. The Morgan fingerprint density at radius 2 is 2.38 bits per heavy atom. The van der Waals surface area contributed by atoms with Crippen LogP contribution in [-0.2, 0) is 4.79 Å². The molecule has 3 rings (SSSR count). The highest BCUT2D eigenvalue weighted by Crippen LogP contribution is 2.27. The van der Waals surface area contributed by atoms with Crippen molar-refractivity contribution in [1.29, 1.82) is 0 Å². The summed E-state index contributed by atoms with van der Waals surface area (Å²) >= 11 is 0. The van der Waals surface area contributed by atoms with E-state index in [0.29, 0.717) is 6.42 Å². The summed E-state index contributed by atoms with van der Waals surface area (Å²) in [5.74, 6) is 1.35. The van der Waals surface area contributed by atoms with Gasteiger partial charge in [-0.05, 0) is 18.9 Å². The van der Waals surface area contributed by atoms with Gasteiger partial charge in [0.05, 0.1) is 18.1 Å². The summed E-state index contributed by atoms with van der Waals surface area (Å²) in [4.78, 5) is 18.6. The molecule has 0 aliphatic carbocycles. The molecule has 1 amide bonds. The first kappa shape index (κ1) is 13.9. The van der Waals surface area contributed by atoms with Crippen molar-refractivity contribution in [3.8, 4) is 0 Å². The van der Waals surface area contributed by atoms with Gasteiger partial charge < -0.3 is 10.2 Å². The van der Waals surface area contributed by atoms with Gasteiger partial charge in [-0.3, -0.25) is 4.79 Å². The standard InChI is InChI=1S/C15H21N5O/c1-3-14(21)19-8-4-5-11(9-19)12-10-20-13(6-7-17-20)15(16-2)18-12/h6-7,10-11H,3-5,8-9H2,1-2H3,(H,16,18). The van der Waals surface area contributed by atoms with Gasteiger partial charge >= 0.3 is 0 Å². The number of nitrogens with zero attached hydrogens (tertiary/aromatic N) is 4. The Morgan fingerprint density at radius 3 is 3.14 bits per heavy atom. The summed E-state index contributed by atoms with van der Waals surface area (Å²) in [6, 6.07) is 1.94. The lowest BCUT2D eigenvalue weighted by Crippen LogP contribution is -2.39. The summed E-state index contributed by atoms with van der Waals surface area (Å²) in [6.07, 6.45) is 6.43. The first-order valence-corrected chi connectivity index (χ1v) is 7.52. The van der Waals surface area contributed by atoms with Crippen LogP contribution in [0.3, 0.4) is 0 Å². The van der Waals surface area contributed by atoms with Crippen molar-refractivity contribution in [3.05, 3.63) is 24.2 Å².